The van der Waals surface area contributed by atoms with Gasteiger partial charge in [0.15, 0.2) is 0 Å². The van der Waals surface area contributed by atoms with E-state index in [1.54, 1.807) is 0 Å². The first-order valence-electron chi connectivity index (χ1n) is 6.68. The molecule has 0 aliphatic heterocycles. The summed E-state index contributed by atoms with van der Waals surface area (Å²) in [5.74, 6) is 3.16. The van der Waals surface area contributed by atoms with Gasteiger partial charge in [0.25, 0.3) is 0 Å². The number of thioether (sulfide) groups is 1. The topological polar surface area (TPSA) is 23.8 Å². The summed E-state index contributed by atoms with van der Waals surface area (Å²) < 4.78 is 0. The Morgan fingerprint density at radius 2 is 2.12 bits per heavy atom. The molecule has 1 nitrogen and oxygen atoms in total. The summed E-state index contributed by atoms with van der Waals surface area (Å²) in [6.45, 7) is 6.80. The number of hydrogen-bond acceptors (Lipinski definition) is 2. The second-order valence-electron chi connectivity index (χ2n) is 5.47. The van der Waals surface area contributed by atoms with E-state index in [0.717, 1.165) is 18.3 Å². The second kappa shape index (κ2) is 7.22. The molecule has 0 amide bonds. The van der Waals surface area contributed by atoms with Crippen molar-refractivity contribution in [2.75, 3.05) is 5.75 Å². The molecule has 92 valence electrons. The van der Waals surface area contributed by atoms with Gasteiger partial charge in [-0.2, -0.15) is 17.0 Å². The Bertz CT molecular complexity index is 231. The summed E-state index contributed by atoms with van der Waals surface area (Å²) in [5.41, 5.74) is 0. The summed E-state index contributed by atoms with van der Waals surface area (Å²) in [4.78, 5) is 0. The highest BCUT2D eigenvalue weighted by Gasteiger charge is 2.30. The molecule has 2 heteroatoms. The lowest BCUT2D eigenvalue weighted by atomic mass is 9.80. The number of rotatable bonds is 5. The quantitative estimate of drug-likeness (QED) is 0.706. The van der Waals surface area contributed by atoms with Crippen molar-refractivity contribution in [3.8, 4) is 6.07 Å². The lowest BCUT2D eigenvalue weighted by molar-refractivity contribution is 0.306. The maximum Gasteiger partial charge on any atom is 0.0667 e. The molecule has 1 saturated carbocycles. The van der Waals surface area contributed by atoms with Crippen LogP contribution in [0.5, 0.6) is 0 Å². The van der Waals surface area contributed by atoms with Crippen molar-refractivity contribution in [1.82, 2.24) is 0 Å². The van der Waals surface area contributed by atoms with Crippen LogP contribution in [-0.2, 0) is 0 Å². The molecule has 0 spiro atoms. The third kappa shape index (κ3) is 4.37. The minimum Gasteiger partial charge on any atom is -0.198 e. The summed E-state index contributed by atoms with van der Waals surface area (Å²) >= 11 is 2.05. The van der Waals surface area contributed by atoms with Gasteiger partial charge in [0.2, 0.25) is 0 Å². The average molecular weight is 239 g/mol. The molecule has 0 N–H and O–H groups in total. The van der Waals surface area contributed by atoms with E-state index < -0.39 is 0 Å². The van der Waals surface area contributed by atoms with Crippen molar-refractivity contribution in [2.24, 2.45) is 17.8 Å². The van der Waals surface area contributed by atoms with Gasteiger partial charge in [-0.05, 0) is 36.9 Å². The van der Waals surface area contributed by atoms with Gasteiger partial charge < -0.3 is 0 Å². The third-order valence-corrected chi connectivity index (χ3v) is 5.21. The van der Waals surface area contributed by atoms with E-state index in [4.69, 9.17) is 0 Å². The molecule has 1 rings (SSSR count). The molecule has 1 fully saturated rings. The summed E-state index contributed by atoms with van der Waals surface area (Å²) in [5, 5.41) is 9.79. The van der Waals surface area contributed by atoms with Gasteiger partial charge in [-0.1, -0.05) is 33.6 Å². The van der Waals surface area contributed by atoms with Gasteiger partial charge in [-0.25, -0.2) is 0 Å². The number of nitriles is 1. The lowest BCUT2D eigenvalue weighted by Crippen LogP contribution is -2.27. The molecular weight excluding hydrogens is 214 g/mol. The smallest absolute Gasteiger partial charge is 0.0667 e. The summed E-state index contributed by atoms with van der Waals surface area (Å²) in [6.07, 6.45) is 6.35. The zero-order chi connectivity index (χ0) is 12.0. The molecule has 3 atom stereocenters. The standard InChI is InChI=1S/C14H25NS/c1-4-5-12-6-7-13(9-15)14(8-12)16-10-11(2)3/h11-14H,4-8,10H2,1-3H3. The fourth-order valence-corrected chi connectivity index (χ4v) is 4.00. The molecule has 0 aromatic rings. The summed E-state index contributed by atoms with van der Waals surface area (Å²) in [7, 11) is 0. The van der Waals surface area contributed by atoms with Crippen LogP contribution in [0.2, 0.25) is 0 Å². The predicted molar refractivity (Wildman–Crippen MR) is 72.4 cm³/mol. The van der Waals surface area contributed by atoms with E-state index >= 15 is 0 Å². The highest BCUT2D eigenvalue weighted by atomic mass is 32.2. The summed E-state index contributed by atoms with van der Waals surface area (Å²) in [6, 6.07) is 2.52. The van der Waals surface area contributed by atoms with Crippen molar-refractivity contribution < 1.29 is 0 Å². The minimum absolute atomic E-state index is 0.317. The van der Waals surface area contributed by atoms with Crippen molar-refractivity contribution >= 4 is 11.8 Å². The van der Waals surface area contributed by atoms with E-state index in [2.05, 4.69) is 26.8 Å². The normalized spacial score (nSPS) is 30.3. The fourth-order valence-electron chi connectivity index (χ4n) is 2.53. The molecule has 0 bridgehead atoms. The number of hydrogen-bond donors (Lipinski definition) is 0. The van der Waals surface area contributed by atoms with Gasteiger partial charge in [-0.15, -0.1) is 0 Å². The van der Waals surface area contributed by atoms with Gasteiger partial charge in [0.1, 0.15) is 0 Å². The van der Waals surface area contributed by atoms with Crippen LogP contribution in [0.3, 0.4) is 0 Å². The molecule has 0 aromatic heterocycles. The van der Waals surface area contributed by atoms with E-state index in [1.165, 1.54) is 31.4 Å². The first-order chi connectivity index (χ1) is 7.67. The van der Waals surface area contributed by atoms with Gasteiger partial charge in [0, 0.05) is 5.25 Å². The van der Waals surface area contributed by atoms with E-state index in [-0.39, 0.29) is 0 Å². The van der Waals surface area contributed by atoms with Crippen LogP contribution in [0, 0.1) is 29.1 Å². The maximum absolute atomic E-state index is 9.18. The van der Waals surface area contributed by atoms with Crippen LogP contribution < -0.4 is 0 Å². The molecular formula is C14H25NS. The van der Waals surface area contributed by atoms with Crippen LogP contribution in [0.1, 0.15) is 52.9 Å². The molecule has 0 heterocycles. The average Bonchev–Trinajstić information content (AvgIpc) is 2.27. The molecule has 1 aliphatic rings. The van der Waals surface area contributed by atoms with Crippen LogP contribution >= 0.6 is 11.8 Å². The highest BCUT2D eigenvalue weighted by molar-refractivity contribution is 7.99. The monoisotopic (exact) mass is 239 g/mol. The van der Waals surface area contributed by atoms with E-state index in [0.29, 0.717) is 11.2 Å². The Hall–Kier alpha value is -0.160. The molecule has 0 saturated heterocycles. The first kappa shape index (κ1) is 13.9. The lowest BCUT2D eigenvalue weighted by Gasteiger charge is -2.32. The Labute approximate surface area is 105 Å². The van der Waals surface area contributed by atoms with E-state index in [1.807, 2.05) is 11.8 Å². The predicted octanol–water partition coefficient (Wildman–Crippen LogP) is 4.48. The largest absolute Gasteiger partial charge is 0.198 e. The van der Waals surface area contributed by atoms with Crippen molar-refractivity contribution in [1.29, 1.82) is 5.26 Å². The first-order valence-corrected chi connectivity index (χ1v) is 7.73. The Morgan fingerprint density at radius 1 is 1.38 bits per heavy atom. The van der Waals surface area contributed by atoms with Crippen LogP contribution in [0.4, 0.5) is 0 Å². The Balaban J connectivity index is 2.44. The van der Waals surface area contributed by atoms with Gasteiger partial charge in [-0.3, -0.25) is 0 Å². The van der Waals surface area contributed by atoms with Gasteiger partial charge in [0.05, 0.1) is 12.0 Å². The Morgan fingerprint density at radius 3 is 2.69 bits per heavy atom. The molecule has 16 heavy (non-hydrogen) atoms. The maximum atomic E-state index is 9.18. The van der Waals surface area contributed by atoms with Crippen LogP contribution in [0.25, 0.3) is 0 Å². The van der Waals surface area contributed by atoms with Crippen LogP contribution in [-0.4, -0.2) is 11.0 Å². The zero-order valence-electron chi connectivity index (χ0n) is 10.9. The van der Waals surface area contributed by atoms with Gasteiger partial charge >= 0.3 is 0 Å². The molecule has 0 aromatic carbocycles. The van der Waals surface area contributed by atoms with Crippen LogP contribution in [0.15, 0.2) is 0 Å². The molecule has 1 aliphatic carbocycles. The van der Waals surface area contributed by atoms with Crippen molar-refractivity contribution in [3.63, 3.8) is 0 Å². The Kier molecular flexibility index (Phi) is 6.28. The minimum atomic E-state index is 0.317. The number of nitrogens with zero attached hydrogens (tertiary/aromatic N) is 1. The third-order valence-electron chi connectivity index (χ3n) is 3.41. The van der Waals surface area contributed by atoms with Crippen molar-refractivity contribution in [2.45, 2.75) is 58.1 Å². The zero-order valence-corrected chi connectivity index (χ0v) is 11.7. The van der Waals surface area contributed by atoms with Crippen molar-refractivity contribution in [3.05, 3.63) is 0 Å². The molecule has 3 unspecified atom stereocenters. The highest BCUT2D eigenvalue weighted by Crippen LogP contribution is 2.38. The second-order valence-corrected chi connectivity index (χ2v) is 6.74. The fraction of sp³-hybridized carbons (Fsp3) is 0.929. The van der Waals surface area contributed by atoms with E-state index in [9.17, 15) is 5.26 Å². The SMILES string of the molecule is CCCC1CCC(C#N)C(SCC(C)C)C1. The molecule has 0 radical (unpaired) electrons.